The Morgan fingerprint density at radius 1 is 1.11 bits per heavy atom. The Hall–Kier alpha value is -2.50. The van der Waals surface area contributed by atoms with Gasteiger partial charge in [-0.2, -0.15) is 5.10 Å². The van der Waals surface area contributed by atoms with E-state index in [9.17, 15) is 0 Å². The van der Waals surface area contributed by atoms with Gasteiger partial charge in [0.25, 0.3) is 0 Å². The van der Waals surface area contributed by atoms with Gasteiger partial charge in [0.15, 0.2) is 0 Å². The first-order valence-corrected chi connectivity index (χ1v) is 9.50. The lowest BCUT2D eigenvalue weighted by atomic mass is 10.1. The van der Waals surface area contributed by atoms with Crippen molar-refractivity contribution >= 4 is 17.3 Å². The summed E-state index contributed by atoms with van der Waals surface area (Å²) in [6, 6.07) is 16.4. The molecule has 0 aliphatic carbocycles. The molecule has 2 heterocycles. The molecule has 2 N–H and O–H groups in total. The summed E-state index contributed by atoms with van der Waals surface area (Å²) in [5.74, 6) is 0.884. The number of hydrogen-bond acceptors (Lipinski definition) is 4. The SMILES string of the molecule is Cc1nn(Cc2ccccc2)c(Cl)c1CN1CCOc2cc(CN)ccc21. The number of hydrogen-bond donors (Lipinski definition) is 1. The summed E-state index contributed by atoms with van der Waals surface area (Å²) in [4.78, 5) is 2.29. The molecule has 2 aromatic carbocycles. The molecule has 0 saturated heterocycles. The standard InChI is InChI=1S/C21H23ClN4O/c1-15-18(21(22)26(24-15)13-16-5-3-2-4-6-16)14-25-9-10-27-20-11-17(12-23)7-8-19(20)25/h2-8,11H,9-10,12-14,23H2,1H3. The fraction of sp³-hybridized carbons (Fsp3) is 0.286. The van der Waals surface area contributed by atoms with Gasteiger partial charge in [0.1, 0.15) is 17.5 Å². The van der Waals surface area contributed by atoms with Crippen LogP contribution in [0.25, 0.3) is 0 Å². The second-order valence-electron chi connectivity index (χ2n) is 6.77. The van der Waals surface area contributed by atoms with Gasteiger partial charge in [0, 0.05) is 18.7 Å². The molecule has 0 atom stereocenters. The highest BCUT2D eigenvalue weighted by Crippen LogP contribution is 2.34. The van der Waals surface area contributed by atoms with Crippen LogP contribution in [0.3, 0.4) is 0 Å². The van der Waals surface area contributed by atoms with Crippen molar-refractivity contribution in [2.24, 2.45) is 5.73 Å². The molecule has 1 aliphatic rings. The van der Waals surface area contributed by atoms with Crippen molar-refractivity contribution in [2.75, 3.05) is 18.1 Å². The maximum Gasteiger partial charge on any atom is 0.143 e. The van der Waals surface area contributed by atoms with Crippen molar-refractivity contribution in [3.8, 4) is 5.75 Å². The summed E-state index contributed by atoms with van der Waals surface area (Å²) >= 11 is 6.70. The maximum atomic E-state index is 6.70. The highest BCUT2D eigenvalue weighted by atomic mass is 35.5. The molecule has 0 unspecified atom stereocenters. The molecule has 0 spiro atoms. The van der Waals surface area contributed by atoms with Gasteiger partial charge < -0.3 is 15.4 Å². The normalized spacial score (nSPS) is 13.4. The quantitative estimate of drug-likeness (QED) is 0.730. The van der Waals surface area contributed by atoms with Crippen LogP contribution in [0.2, 0.25) is 5.15 Å². The third kappa shape index (κ3) is 3.66. The number of anilines is 1. The molecule has 5 nitrogen and oxygen atoms in total. The fourth-order valence-electron chi connectivity index (χ4n) is 3.43. The van der Waals surface area contributed by atoms with Crippen LogP contribution in [-0.2, 0) is 19.6 Å². The van der Waals surface area contributed by atoms with Gasteiger partial charge in [-0.25, -0.2) is 4.68 Å². The Morgan fingerprint density at radius 3 is 2.70 bits per heavy atom. The number of nitrogens with zero attached hydrogens (tertiary/aromatic N) is 3. The molecule has 0 amide bonds. The van der Waals surface area contributed by atoms with Crippen molar-refractivity contribution in [2.45, 2.75) is 26.6 Å². The molecule has 1 aromatic heterocycles. The summed E-state index contributed by atoms with van der Waals surface area (Å²) in [5.41, 5.74) is 11.1. The predicted octanol–water partition coefficient (Wildman–Crippen LogP) is 3.75. The Balaban J connectivity index is 1.59. The minimum absolute atomic E-state index is 0.508. The average Bonchev–Trinajstić information content (AvgIpc) is 2.96. The number of aromatic nitrogens is 2. The highest BCUT2D eigenvalue weighted by molar-refractivity contribution is 6.30. The third-order valence-corrected chi connectivity index (χ3v) is 5.35. The summed E-state index contributed by atoms with van der Waals surface area (Å²) in [5, 5.41) is 5.36. The van der Waals surface area contributed by atoms with Gasteiger partial charge in [-0.3, -0.25) is 0 Å². The van der Waals surface area contributed by atoms with E-state index in [1.807, 2.05) is 41.9 Å². The second-order valence-corrected chi connectivity index (χ2v) is 7.13. The summed E-state index contributed by atoms with van der Waals surface area (Å²) < 4.78 is 7.70. The zero-order chi connectivity index (χ0) is 18.8. The Labute approximate surface area is 164 Å². The lowest BCUT2D eigenvalue weighted by Crippen LogP contribution is -2.32. The first-order chi connectivity index (χ1) is 13.2. The number of rotatable bonds is 5. The summed E-state index contributed by atoms with van der Waals surface area (Å²) in [6.45, 7) is 5.36. The molecule has 140 valence electrons. The van der Waals surface area contributed by atoms with Crippen LogP contribution in [0, 0.1) is 6.92 Å². The molecule has 1 aliphatic heterocycles. The molecule has 4 rings (SSSR count). The number of ether oxygens (including phenoxy) is 1. The van der Waals surface area contributed by atoms with E-state index in [0.717, 1.165) is 34.8 Å². The monoisotopic (exact) mass is 382 g/mol. The first-order valence-electron chi connectivity index (χ1n) is 9.12. The van der Waals surface area contributed by atoms with Gasteiger partial charge >= 0.3 is 0 Å². The largest absolute Gasteiger partial charge is 0.490 e. The number of halogens is 1. The van der Waals surface area contributed by atoms with Gasteiger partial charge in [-0.05, 0) is 30.2 Å². The van der Waals surface area contributed by atoms with Crippen LogP contribution in [-0.4, -0.2) is 22.9 Å². The van der Waals surface area contributed by atoms with Crippen LogP contribution in [0.5, 0.6) is 5.75 Å². The molecular weight excluding hydrogens is 360 g/mol. The molecule has 0 bridgehead atoms. The molecule has 0 fully saturated rings. The molecule has 3 aromatic rings. The number of benzene rings is 2. The van der Waals surface area contributed by atoms with Gasteiger partial charge in [-0.15, -0.1) is 0 Å². The molecular formula is C21H23ClN4O. The minimum Gasteiger partial charge on any atom is -0.490 e. The molecule has 0 saturated carbocycles. The van der Waals surface area contributed by atoms with Gasteiger partial charge in [-0.1, -0.05) is 48.0 Å². The Kier molecular flexibility index (Phi) is 5.05. The maximum absolute atomic E-state index is 6.70. The van der Waals surface area contributed by atoms with Crippen LogP contribution in [0.4, 0.5) is 5.69 Å². The Morgan fingerprint density at radius 2 is 1.93 bits per heavy atom. The van der Waals surface area contributed by atoms with E-state index < -0.39 is 0 Å². The second kappa shape index (κ2) is 7.62. The third-order valence-electron chi connectivity index (χ3n) is 4.93. The van der Waals surface area contributed by atoms with E-state index in [0.29, 0.717) is 31.4 Å². The van der Waals surface area contributed by atoms with Crippen LogP contribution in [0.15, 0.2) is 48.5 Å². The topological polar surface area (TPSA) is 56.3 Å². The number of aryl methyl sites for hydroxylation is 1. The fourth-order valence-corrected chi connectivity index (χ4v) is 3.73. The van der Waals surface area contributed by atoms with E-state index in [4.69, 9.17) is 22.1 Å². The highest BCUT2D eigenvalue weighted by Gasteiger charge is 2.22. The summed E-state index contributed by atoms with van der Waals surface area (Å²) in [7, 11) is 0. The first kappa shape index (κ1) is 17.9. The van der Waals surface area contributed by atoms with Crippen LogP contribution >= 0.6 is 11.6 Å². The smallest absolute Gasteiger partial charge is 0.143 e. The van der Waals surface area contributed by atoms with Crippen molar-refractivity contribution in [3.05, 3.63) is 76.1 Å². The van der Waals surface area contributed by atoms with E-state index in [1.54, 1.807) is 0 Å². The van der Waals surface area contributed by atoms with Gasteiger partial charge in [0.2, 0.25) is 0 Å². The van der Waals surface area contributed by atoms with E-state index in [-0.39, 0.29) is 0 Å². The number of fused-ring (bicyclic) bond motifs is 1. The van der Waals surface area contributed by atoms with Crippen molar-refractivity contribution < 1.29 is 4.74 Å². The van der Waals surface area contributed by atoms with Crippen LogP contribution < -0.4 is 15.4 Å². The van der Waals surface area contributed by atoms with Gasteiger partial charge in [0.05, 0.1) is 24.5 Å². The Bertz CT molecular complexity index is 939. The van der Waals surface area contributed by atoms with Crippen molar-refractivity contribution in [1.82, 2.24) is 9.78 Å². The zero-order valence-electron chi connectivity index (χ0n) is 15.4. The van der Waals surface area contributed by atoms with E-state index in [2.05, 4.69) is 28.2 Å². The lowest BCUT2D eigenvalue weighted by molar-refractivity contribution is 0.306. The summed E-state index contributed by atoms with van der Waals surface area (Å²) in [6.07, 6.45) is 0. The minimum atomic E-state index is 0.508. The van der Waals surface area contributed by atoms with Crippen molar-refractivity contribution in [3.63, 3.8) is 0 Å². The van der Waals surface area contributed by atoms with E-state index >= 15 is 0 Å². The van der Waals surface area contributed by atoms with E-state index in [1.165, 1.54) is 5.56 Å². The van der Waals surface area contributed by atoms with Crippen LogP contribution in [0.1, 0.15) is 22.4 Å². The number of nitrogens with two attached hydrogens (primary N) is 1. The molecule has 0 radical (unpaired) electrons. The zero-order valence-corrected chi connectivity index (χ0v) is 16.1. The molecule has 27 heavy (non-hydrogen) atoms. The lowest BCUT2D eigenvalue weighted by Gasteiger charge is -2.31. The van der Waals surface area contributed by atoms with Crippen molar-refractivity contribution in [1.29, 1.82) is 0 Å². The predicted molar refractivity (Wildman–Crippen MR) is 108 cm³/mol. The molecule has 6 heteroatoms. The average molecular weight is 383 g/mol.